The molecule has 5 nitrogen and oxygen atoms in total. The summed E-state index contributed by atoms with van der Waals surface area (Å²) in [6.07, 6.45) is 1.67. The lowest BCUT2D eigenvalue weighted by molar-refractivity contribution is -0.118. The zero-order chi connectivity index (χ0) is 13.7. The summed E-state index contributed by atoms with van der Waals surface area (Å²) in [6, 6.07) is 3.18. The third-order valence-electron chi connectivity index (χ3n) is 2.34. The van der Waals surface area contributed by atoms with Crippen LogP contribution in [0.15, 0.2) is 12.1 Å². The van der Waals surface area contributed by atoms with Crippen molar-refractivity contribution in [3.8, 4) is 0 Å². The Morgan fingerprint density at radius 3 is 2.67 bits per heavy atom. The van der Waals surface area contributed by atoms with E-state index in [0.29, 0.717) is 5.56 Å². The second kappa shape index (κ2) is 6.35. The molecular formula is C12H16ClN3O2. The maximum absolute atomic E-state index is 12.0. The molecular weight excluding hydrogens is 254 g/mol. The predicted octanol–water partition coefficient (Wildman–Crippen LogP) is 1.24. The Labute approximate surface area is 111 Å². The molecule has 0 saturated heterocycles. The number of carbonyl (C=O) groups excluding carboxylic acids is 2. The minimum atomic E-state index is -0.556. The molecule has 0 fully saturated rings. The van der Waals surface area contributed by atoms with E-state index in [2.05, 4.69) is 4.98 Å². The van der Waals surface area contributed by atoms with Crippen molar-refractivity contribution in [1.29, 1.82) is 0 Å². The molecule has 1 rings (SSSR count). The van der Waals surface area contributed by atoms with Crippen molar-refractivity contribution in [3.05, 3.63) is 28.5 Å². The highest BCUT2D eigenvalue weighted by atomic mass is 35.5. The minimum Gasteiger partial charge on any atom is -0.368 e. The summed E-state index contributed by atoms with van der Waals surface area (Å²) in [5.74, 6) is -0.852. The lowest BCUT2D eigenvalue weighted by Crippen LogP contribution is -2.35. The van der Waals surface area contributed by atoms with Crippen LogP contribution in [0.4, 0.5) is 0 Å². The van der Waals surface area contributed by atoms with Crippen molar-refractivity contribution >= 4 is 23.4 Å². The van der Waals surface area contributed by atoms with Crippen molar-refractivity contribution in [3.63, 3.8) is 0 Å². The molecule has 1 aromatic rings. The Balaban J connectivity index is 2.94. The maximum Gasteiger partial charge on any atom is 0.254 e. The van der Waals surface area contributed by atoms with Crippen LogP contribution in [0, 0.1) is 0 Å². The second-order valence-corrected chi connectivity index (χ2v) is 4.43. The van der Waals surface area contributed by atoms with E-state index in [1.54, 1.807) is 6.07 Å². The Bertz CT molecular complexity index is 463. The van der Waals surface area contributed by atoms with Crippen LogP contribution in [0.2, 0.25) is 5.15 Å². The Morgan fingerprint density at radius 1 is 1.44 bits per heavy atom. The van der Waals surface area contributed by atoms with Gasteiger partial charge < -0.3 is 10.6 Å². The molecule has 0 spiro atoms. The van der Waals surface area contributed by atoms with Crippen molar-refractivity contribution in [1.82, 2.24) is 9.88 Å². The Hall–Kier alpha value is -1.62. The number of carbonyl (C=O) groups is 2. The molecule has 1 heterocycles. The van der Waals surface area contributed by atoms with Crippen LogP contribution in [0.5, 0.6) is 0 Å². The van der Waals surface area contributed by atoms with Crippen molar-refractivity contribution < 1.29 is 9.59 Å². The summed E-state index contributed by atoms with van der Waals surface area (Å²) >= 11 is 5.87. The standard InChI is InChI=1S/C12H16ClN3O2/c1-3-4-9-5-8(6-10(13)15-9)12(18)16(2)7-11(14)17/h5-6H,3-4,7H2,1-2H3,(H2,14,17). The van der Waals surface area contributed by atoms with E-state index in [1.807, 2.05) is 6.92 Å². The smallest absolute Gasteiger partial charge is 0.254 e. The van der Waals surface area contributed by atoms with E-state index in [-0.39, 0.29) is 17.6 Å². The Kier molecular flexibility index (Phi) is 5.09. The predicted molar refractivity (Wildman–Crippen MR) is 69.4 cm³/mol. The SMILES string of the molecule is CCCc1cc(C(=O)N(C)CC(N)=O)cc(Cl)n1. The number of hydrogen-bond acceptors (Lipinski definition) is 3. The van der Waals surface area contributed by atoms with Crippen LogP contribution in [-0.4, -0.2) is 35.3 Å². The van der Waals surface area contributed by atoms with Gasteiger partial charge in [0.2, 0.25) is 5.91 Å². The normalized spacial score (nSPS) is 10.2. The van der Waals surface area contributed by atoms with Gasteiger partial charge in [0, 0.05) is 18.3 Å². The van der Waals surface area contributed by atoms with E-state index in [9.17, 15) is 9.59 Å². The molecule has 0 aromatic carbocycles. The number of rotatable bonds is 5. The molecule has 0 unspecified atom stereocenters. The van der Waals surface area contributed by atoms with Gasteiger partial charge in [0.15, 0.2) is 0 Å². The fourth-order valence-electron chi connectivity index (χ4n) is 1.58. The molecule has 6 heteroatoms. The average Bonchev–Trinajstić information content (AvgIpc) is 2.26. The van der Waals surface area contributed by atoms with E-state index >= 15 is 0 Å². The van der Waals surface area contributed by atoms with E-state index in [4.69, 9.17) is 17.3 Å². The number of aryl methyl sites for hydroxylation is 1. The number of primary amides is 1. The molecule has 18 heavy (non-hydrogen) atoms. The molecule has 0 aliphatic rings. The van der Waals surface area contributed by atoms with Gasteiger partial charge in [-0.25, -0.2) is 4.98 Å². The van der Waals surface area contributed by atoms with Crippen LogP contribution >= 0.6 is 11.6 Å². The summed E-state index contributed by atoms with van der Waals surface area (Å²) in [5.41, 5.74) is 6.23. The highest BCUT2D eigenvalue weighted by Crippen LogP contribution is 2.13. The fourth-order valence-corrected chi connectivity index (χ4v) is 1.81. The van der Waals surface area contributed by atoms with Gasteiger partial charge in [-0.3, -0.25) is 9.59 Å². The second-order valence-electron chi connectivity index (χ2n) is 4.05. The number of halogens is 1. The van der Waals surface area contributed by atoms with Gasteiger partial charge in [-0.15, -0.1) is 0 Å². The van der Waals surface area contributed by atoms with Crippen LogP contribution in [0.25, 0.3) is 0 Å². The van der Waals surface area contributed by atoms with Gasteiger partial charge >= 0.3 is 0 Å². The lowest BCUT2D eigenvalue weighted by Gasteiger charge is -2.15. The van der Waals surface area contributed by atoms with Gasteiger partial charge in [0.05, 0.1) is 6.54 Å². The van der Waals surface area contributed by atoms with Gasteiger partial charge in [-0.2, -0.15) is 0 Å². The Morgan fingerprint density at radius 2 is 2.11 bits per heavy atom. The molecule has 1 aromatic heterocycles. The molecule has 0 bridgehead atoms. The van der Waals surface area contributed by atoms with Gasteiger partial charge in [-0.1, -0.05) is 24.9 Å². The van der Waals surface area contributed by atoms with E-state index < -0.39 is 5.91 Å². The average molecular weight is 270 g/mol. The van der Waals surface area contributed by atoms with Crippen LogP contribution in [-0.2, 0) is 11.2 Å². The first-order valence-electron chi connectivity index (χ1n) is 5.64. The first-order valence-corrected chi connectivity index (χ1v) is 6.02. The van der Waals surface area contributed by atoms with Gasteiger partial charge in [0.25, 0.3) is 5.91 Å². The van der Waals surface area contributed by atoms with E-state index in [1.165, 1.54) is 18.0 Å². The van der Waals surface area contributed by atoms with Gasteiger partial charge in [-0.05, 0) is 18.6 Å². The summed E-state index contributed by atoms with van der Waals surface area (Å²) in [6.45, 7) is 1.89. The molecule has 2 N–H and O–H groups in total. The monoisotopic (exact) mass is 269 g/mol. The quantitative estimate of drug-likeness (QED) is 0.817. The number of nitrogens with two attached hydrogens (primary N) is 1. The third kappa shape index (κ3) is 4.00. The zero-order valence-corrected chi connectivity index (χ0v) is 11.2. The van der Waals surface area contributed by atoms with Crippen LogP contribution in [0.3, 0.4) is 0 Å². The number of pyridine rings is 1. The van der Waals surface area contributed by atoms with Crippen molar-refractivity contribution in [2.45, 2.75) is 19.8 Å². The number of amides is 2. The number of nitrogens with zero attached hydrogens (tertiary/aromatic N) is 2. The molecule has 98 valence electrons. The minimum absolute atomic E-state index is 0.123. The van der Waals surface area contributed by atoms with Gasteiger partial charge in [0.1, 0.15) is 5.15 Å². The first kappa shape index (κ1) is 14.4. The van der Waals surface area contributed by atoms with Crippen molar-refractivity contribution in [2.75, 3.05) is 13.6 Å². The molecule has 0 atom stereocenters. The number of aromatic nitrogens is 1. The summed E-state index contributed by atoms with van der Waals surface area (Å²) < 4.78 is 0. The third-order valence-corrected chi connectivity index (χ3v) is 2.53. The maximum atomic E-state index is 12.0. The summed E-state index contributed by atoms with van der Waals surface area (Å²) in [7, 11) is 1.51. The van der Waals surface area contributed by atoms with E-state index in [0.717, 1.165) is 18.5 Å². The van der Waals surface area contributed by atoms with Crippen molar-refractivity contribution in [2.24, 2.45) is 5.73 Å². The van der Waals surface area contributed by atoms with Crippen LogP contribution < -0.4 is 5.73 Å². The summed E-state index contributed by atoms with van der Waals surface area (Å²) in [5, 5.41) is 0.275. The largest absolute Gasteiger partial charge is 0.368 e. The zero-order valence-electron chi connectivity index (χ0n) is 10.4. The first-order chi connectivity index (χ1) is 8.43. The lowest BCUT2D eigenvalue weighted by atomic mass is 10.1. The molecule has 2 amide bonds. The highest BCUT2D eigenvalue weighted by Gasteiger charge is 2.15. The van der Waals surface area contributed by atoms with Crippen LogP contribution in [0.1, 0.15) is 29.4 Å². The molecule has 0 aliphatic carbocycles. The molecule has 0 aliphatic heterocycles. The number of hydrogen-bond donors (Lipinski definition) is 1. The molecule has 0 saturated carbocycles. The fraction of sp³-hybridized carbons (Fsp3) is 0.417. The molecule has 0 radical (unpaired) electrons. The topological polar surface area (TPSA) is 76.3 Å². The number of likely N-dealkylation sites (N-methyl/N-ethyl adjacent to an activating group) is 1. The highest BCUT2D eigenvalue weighted by molar-refractivity contribution is 6.29. The summed E-state index contributed by atoms with van der Waals surface area (Å²) in [4.78, 5) is 28.2.